The van der Waals surface area contributed by atoms with Gasteiger partial charge in [-0.25, -0.2) is 9.37 Å². The molecular weight excluding hydrogens is 423 g/mol. The molecule has 0 unspecified atom stereocenters. The fourth-order valence-electron chi connectivity index (χ4n) is 4.42. The number of piperidine rings is 1. The van der Waals surface area contributed by atoms with Gasteiger partial charge in [0.25, 0.3) is 0 Å². The van der Waals surface area contributed by atoms with E-state index >= 15 is 0 Å². The lowest BCUT2D eigenvalue weighted by Crippen LogP contribution is -2.31. The van der Waals surface area contributed by atoms with Crippen LogP contribution in [-0.4, -0.2) is 65.8 Å². The Hall–Kier alpha value is -2.78. The van der Waals surface area contributed by atoms with Crippen LogP contribution in [0.25, 0.3) is 5.70 Å². The van der Waals surface area contributed by atoms with Crippen LogP contribution in [0, 0.1) is 5.92 Å². The first-order valence-electron chi connectivity index (χ1n) is 11.5. The first-order chi connectivity index (χ1) is 16.1. The van der Waals surface area contributed by atoms with Crippen LogP contribution >= 0.6 is 0 Å². The largest absolute Gasteiger partial charge is 0.481 e. The van der Waals surface area contributed by atoms with Gasteiger partial charge in [-0.15, -0.1) is 0 Å². The number of pyridine rings is 1. The van der Waals surface area contributed by atoms with Crippen molar-refractivity contribution in [3.8, 4) is 5.88 Å². The quantitative estimate of drug-likeness (QED) is 0.717. The predicted molar refractivity (Wildman–Crippen MR) is 126 cm³/mol. The van der Waals surface area contributed by atoms with Crippen LogP contribution in [0.2, 0.25) is 0 Å². The minimum Gasteiger partial charge on any atom is -0.481 e. The molecule has 33 heavy (non-hydrogen) atoms. The molecule has 2 aromatic rings. The van der Waals surface area contributed by atoms with E-state index in [1.165, 1.54) is 20.0 Å². The maximum absolute atomic E-state index is 13.4. The molecule has 2 N–H and O–H groups in total. The van der Waals surface area contributed by atoms with Crippen molar-refractivity contribution < 1.29 is 13.9 Å². The molecule has 2 aliphatic heterocycles. The molecule has 8 nitrogen and oxygen atoms in total. The van der Waals surface area contributed by atoms with E-state index in [0.29, 0.717) is 48.9 Å². The summed E-state index contributed by atoms with van der Waals surface area (Å²) in [5.74, 6) is 0.913. The van der Waals surface area contributed by atoms with Crippen molar-refractivity contribution in [3.05, 3.63) is 41.4 Å². The minimum atomic E-state index is -0.667. The highest BCUT2D eigenvalue weighted by Gasteiger charge is 2.20. The molecule has 0 aromatic carbocycles. The SMILES string of the molecule is COc1ncc(N=C2CCOCCC2=C(N)c2cnn(CC3CCN(C)CC3)c2)cc1CF. The topological polar surface area (TPSA) is 90.8 Å². The second-order valence-electron chi connectivity index (χ2n) is 8.76. The molecule has 0 spiro atoms. The molecule has 0 radical (unpaired) electrons. The second kappa shape index (κ2) is 10.9. The molecule has 2 fully saturated rings. The summed E-state index contributed by atoms with van der Waals surface area (Å²) in [5.41, 5.74) is 10.9. The van der Waals surface area contributed by atoms with E-state index in [-0.39, 0.29) is 5.88 Å². The van der Waals surface area contributed by atoms with E-state index in [1.54, 1.807) is 12.3 Å². The normalized spacial score (nSPS) is 21.2. The Morgan fingerprint density at radius 2 is 2.06 bits per heavy atom. The van der Waals surface area contributed by atoms with Gasteiger partial charge in [0.1, 0.15) is 6.67 Å². The molecule has 178 valence electrons. The summed E-state index contributed by atoms with van der Waals surface area (Å²) in [6.07, 6.45) is 9.10. The Balaban J connectivity index is 1.58. The predicted octanol–water partition coefficient (Wildman–Crippen LogP) is 3.35. The summed E-state index contributed by atoms with van der Waals surface area (Å²) in [5, 5.41) is 4.57. The lowest BCUT2D eigenvalue weighted by Gasteiger charge is -2.28. The van der Waals surface area contributed by atoms with Gasteiger partial charge in [0.2, 0.25) is 5.88 Å². The van der Waals surface area contributed by atoms with Crippen molar-refractivity contribution in [2.24, 2.45) is 16.6 Å². The van der Waals surface area contributed by atoms with E-state index in [0.717, 1.165) is 36.5 Å². The molecule has 0 aliphatic carbocycles. The van der Waals surface area contributed by atoms with Crippen molar-refractivity contribution in [1.29, 1.82) is 0 Å². The fourth-order valence-corrected chi connectivity index (χ4v) is 4.42. The molecule has 2 aliphatic rings. The molecule has 4 heterocycles. The molecule has 0 saturated carbocycles. The van der Waals surface area contributed by atoms with Gasteiger partial charge < -0.3 is 20.1 Å². The van der Waals surface area contributed by atoms with E-state index in [2.05, 4.69) is 22.0 Å². The number of hydrogen-bond acceptors (Lipinski definition) is 7. The standard InChI is InChI=1S/C24H33FN6O2/c1-30-7-3-17(4-8-30)15-31-16-19(13-28-31)23(26)21-5-9-33-10-6-22(21)29-20-11-18(12-25)24(32-2)27-14-20/h11,13-14,16-17H,3-10,12,15,26H2,1-2H3. The van der Waals surface area contributed by atoms with Crippen molar-refractivity contribution >= 4 is 17.1 Å². The summed E-state index contributed by atoms with van der Waals surface area (Å²) in [6.45, 7) is 3.65. The van der Waals surface area contributed by atoms with Gasteiger partial charge >= 0.3 is 0 Å². The zero-order valence-corrected chi connectivity index (χ0v) is 19.5. The molecule has 2 aromatic heterocycles. The van der Waals surface area contributed by atoms with Gasteiger partial charge in [0.15, 0.2) is 0 Å². The number of alkyl halides is 1. The van der Waals surface area contributed by atoms with Crippen LogP contribution < -0.4 is 10.5 Å². The molecule has 0 atom stereocenters. The van der Waals surface area contributed by atoms with Gasteiger partial charge in [0.05, 0.1) is 38.4 Å². The third-order valence-corrected chi connectivity index (χ3v) is 6.39. The van der Waals surface area contributed by atoms with Crippen molar-refractivity contribution in [2.75, 3.05) is 40.5 Å². The highest BCUT2D eigenvalue weighted by atomic mass is 19.1. The van der Waals surface area contributed by atoms with Crippen LogP contribution in [0.4, 0.5) is 10.1 Å². The second-order valence-corrected chi connectivity index (χ2v) is 8.76. The van der Waals surface area contributed by atoms with Crippen LogP contribution in [0.5, 0.6) is 5.88 Å². The molecule has 2 saturated heterocycles. The van der Waals surface area contributed by atoms with Gasteiger partial charge in [-0.05, 0) is 57.0 Å². The zero-order chi connectivity index (χ0) is 23.2. The lowest BCUT2D eigenvalue weighted by atomic mass is 9.97. The van der Waals surface area contributed by atoms with Crippen molar-refractivity contribution in [2.45, 2.75) is 38.9 Å². The Morgan fingerprint density at radius 1 is 1.27 bits per heavy atom. The molecule has 9 heteroatoms. The van der Waals surface area contributed by atoms with Crippen LogP contribution in [0.1, 0.15) is 36.8 Å². The van der Waals surface area contributed by atoms with Crippen LogP contribution in [0.15, 0.2) is 35.2 Å². The number of nitrogens with zero attached hydrogens (tertiary/aromatic N) is 5. The smallest absolute Gasteiger partial charge is 0.219 e. The Morgan fingerprint density at radius 3 is 2.82 bits per heavy atom. The summed E-state index contributed by atoms with van der Waals surface area (Å²) in [7, 11) is 3.65. The summed E-state index contributed by atoms with van der Waals surface area (Å²) in [6, 6.07) is 1.66. The van der Waals surface area contributed by atoms with Gasteiger partial charge in [-0.1, -0.05) is 0 Å². The number of likely N-dealkylation sites (tertiary alicyclic amines) is 1. The Labute approximate surface area is 194 Å². The van der Waals surface area contributed by atoms with Gasteiger partial charge in [-0.3, -0.25) is 9.67 Å². The number of ether oxygens (including phenoxy) is 2. The summed E-state index contributed by atoms with van der Waals surface area (Å²) < 4.78 is 26.2. The molecular formula is C24H33FN6O2. The average molecular weight is 457 g/mol. The summed E-state index contributed by atoms with van der Waals surface area (Å²) in [4.78, 5) is 11.3. The third kappa shape index (κ3) is 5.78. The van der Waals surface area contributed by atoms with Gasteiger partial charge in [0, 0.05) is 41.7 Å². The highest BCUT2D eigenvalue weighted by Crippen LogP contribution is 2.27. The number of rotatable bonds is 6. The number of aliphatic imine (C=N–C) groups is 1. The van der Waals surface area contributed by atoms with Crippen molar-refractivity contribution in [3.63, 3.8) is 0 Å². The van der Waals surface area contributed by atoms with Gasteiger partial charge in [-0.2, -0.15) is 5.10 Å². The fraction of sp³-hybridized carbons (Fsp3) is 0.542. The summed E-state index contributed by atoms with van der Waals surface area (Å²) >= 11 is 0. The first-order valence-corrected chi connectivity index (χ1v) is 11.5. The zero-order valence-electron chi connectivity index (χ0n) is 19.5. The third-order valence-electron chi connectivity index (χ3n) is 6.39. The molecule has 0 bridgehead atoms. The first kappa shape index (κ1) is 23.4. The maximum atomic E-state index is 13.4. The Kier molecular flexibility index (Phi) is 7.72. The average Bonchev–Trinajstić information content (AvgIpc) is 3.18. The van der Waals surface area contributed by atoms with E-state index in [1.807, 2.05) is 17.1 Å². The van der Waals surface area contributed by atoms with Crippen LogP contribution in [-0.2, 0) is 18.0 Å². The number of aromatic nitrogens is 3. The number of methoxy groups -OCH3 is 1. The van der Waals surface area contributed by atoms with Crippen LogP contribution in [0.3, 0.4) is 0 Å². The number of hydrogen-bond donors (Lipinski definition) is 1. The van der Waals surface area contributed by atoms with E-state index in [9.17, 15) is 4.39 Å². The molecule has 4 rings (SSSR count). The van der Waals surface area contributed by atoms with E-state index in [4.69, 9.17) is 20.2 Å². The number of halogens is 1. The highest BCUT2D eigenvalue weighted by molar-refractivity contribution is 6.07. The number of nitrogens with two attached hydrogens (primary N) is 1. The van der Waals surface area contributed by atoms with E-state index < -0.39 is 6.67 Å². The lowest BCUT2D eigenvalue weighted by molar-refractivity contribution is 0.150. The van der Waals surface area contributed by atoms with Crippen molar-refractivity contribution in [1.82, 2.24) is 19.7 Å². The maximum Gasteiger partial charge on any atom is 0.219 e. The molecule has 0 amide bonds. The minimum absolute atomic E-state index is 0.276. The monoisotopic (exact) mass is 456 g/mol. The Bertz CT molecular complexity index is 1010.